The molecular weight excluding hydrogens is 266 g/mol. The summed E-state index contributed by atoms with van der Waals surface area (Å²) in [6.45, 7) is 1.71. The lowest BCUT2D eigenvalue weighted by Crippen LogP contribution is -2.26. The van der Waals surface area contributed by atoms with Crippen molar-refractivity contribution in [1.82, 2.24) is 15.0 Å². The van der Waals surface area contributed by atoms with Gasteiger partial charge in [0.25, 0.3) is 0 Å². The third-order valence-corrected chi connectivity index (χ3v) is 3.45. The van der Waals surface area contributed by atoms with Crippen LogP contribution in [-0.2, 0) is 0 Å². The fourth-order valence-electron chi connectivity index (χ4n) is 2.45. The Morgan fingerprint density at radius 3 is 2.67 bits per heavy atom. The summed E-state index contributed by atoms with van der Waals surface area (Å²) in [6, 6.07) is 5.69. The highest BCUT2D eigenvalue weighted by Gasteiger charge is 2.26. The van der Waals surface area contributed by atoms with E-state index in [1.165, 1.54) is 0 Å². The molecule has 1 aliphatic rings. The maximum absolute atomic E-state index is 6.12. The predicted octanol–water partition coefficient (Wildman–Crippen LogP) is 1.60. The summed E-state index contributed by atoms with van der Waals surface area (Å²) in [6.07, 6.45) is 6.40. The van der Waals surface area contributed by atoms with E-state index >= 15 is 0 Å². The van der Waals surface area contributed by atoms with Crippen molar-refractivity contribution in [1.29, 1.82) is 0 Å². The van der Waals surface area contributed by atoms with Crippen LogP contribution in [0.3, 0.4) is 0 Å². The topological polar surface area (TPSA) is 54.4 Å². The Kier molecular flexibility index (Phi) is 3.85. The van der Waals surface area contributed by atoms with Gasteiger partial charge in [0.2, 0.25) is 5.95 Å². The van der Waals surface area contributed by atoms with E-state index in [9.17, 15) is 0 Å². The summed E-state index contributed by atoms with van der Waals surface area (Å²) in [5.41, 5.74) is 0. The minimum Gasteiger partial charge on any atom is -0.485 e. The van der Waals surface area contributed by atoms with Crippen LogP contribution in [0.1, 0.15) is 6.42 Å². The first-order chi connectivity index (χ1) is 10.2. The minimum atomic E-state index is 0.136. The highest BCUT2D eigenvalue weighted by molar-refractivity contribution is 5.51. The summed E-state index contributed by atoms with van der Waals surface area (Å²) < 4.78 is 6.12. The second-order valence-electron chi connectivity index (χ2n) is 5.24. The van der Waals surface area contributed by atoms with Crippen molar-refractivity contribution >= 4 is 11.8 Å². The molecular formula is C15H19N5O. The van der Waals surface area contributed by atoms with E-state index in [1.54, 1.807) is 18.6 Å². The molecule has 0 bridgehead atoms. The van der Waals surface area contributed by atoms with Crippen molar-refractivity contribution in [2.75, 3.05) is 37.0 Å². The van der Waals surface area contributed by atoms with Gasteiger partial charge in [-0.25, -0.2) is 15.0 Å². The van der Waals surface area contributed by atoms with E-state index in [4.69, 9.17) is 4.74 Å². The molecule has 21 heavy (non-hydrogen) atoms. The summed E-state index contributed by atoms with van der Waals surface area (Å²) in [4.78, 5) is 17.0. The Morgan fingerprint density at radius 2 is 1.90 bits per heavy atom. The fourth-order valence-corrected chi connectivity index (χ4v) is 2.45. The molecule has 3 rings (SSSR count). The maximum atomic E-state index is 6.12. The summed E-state index contributed by atoms with van der Waals surface area (Å²) in [7, 11) is 3.93. The molecule has 0 saturated carbocycles. The zero-order chi connectivity index (χ0) is 14.7. The molecule has 0 unspecified atom stereocenters. The smallest absolute Gasteiger partial charge is 0.225 e. The average Bonchev–Trinajstić information content (AvgIpc) is 2.97. The molecule has 0 N–H and O–H groups in total. The van der Waals surface area contributed by atoms with E-state index in [1.807, 2.05) is 37.2 Å². The number of rotatable bonds is 4. The molecule has 2 aromatic heterocycles. The highest BCUT2D eigenvalue weighted by atomic mass is 16.5. The van der Waals surface area contributed by atoms with Crippen LogP contribution in [-0.4, -0.2) is 48.2 Å². The molecule has 1 fully saturated rings. The number of ether oxygens (including phenoxy) is 1. The van der Waals surface area contributed by atoms with Gasteiger partial charge in [0.1, 0.15) is 6.10 Å². The lowest BCUT2D eigenvalue weighted by molar-refractivity contribution is 0.225. The predicted molar refractivity (Wildman–Crippen MR) is 81.8 cm³/mol. The third kappa shape index (κ3) is 3.04. The van der Waals surface area contributed by atoms with Gasteiger partial charge in [-0.2, -0.15) is 0 Å². The van der Waals surface area contributed by atoms with Crippen LogP contribution in [0, 0.1) is 0 Å². The molecule has 110 valence electrons. The van der Waals surface area contributed by atoms with E-state index < -0.39 is 0 Å². The Hall–Kier alpha value is -2.37. The molecule has 1 aliphatic heterocycles. The monoisotopic (exact) mass is 285 g/mol. The molecule has 6 nitrogen and oxygen atoms in total. The lowest BCUT2D eigenvalue weighted by atomic mass is 10.3. The number of hydrogen-bond donors (Lipinski definition) is 0. The number of anilines is 2. The van der Waals surface area contributed by atoms with Gasteiger partial charge in [-0.05, 0) is 18.2 Å². The van der Waals surface area contributed by atoms with Gasteiger partial charge >= 0.3 is 0 Å². The molecule has 6 heteroatoms. The molecule has 3 heterocycles. The van der Waals surface area contributed by atoms with Crippen LogP contribution >= 0.6 is 0 Å². The second kappa shape index (κ2) is 5.95. The standard InChI is InChI=1S/C15H19N5O/c1-19(2)14-13(5-3-7-16-14)21-12-6-10-20(11-12)15-17-8-4-9-18-15/h3-5,7-9,12H,6,10-11H2,1-2H3/t12-/m1/s1. The number of pyridine rings is 1. The van der Waals surface area contributed by atoms with Gasteiger partial charge in [-0.15, -0.1) is 0 Å². The number of hydrogen-bond acceptors (Lipinski definition) is 6. The quantitative estimate of drug-likeness (QED) is 0.850. The van der Waals surface area contributed by atoms with Crippen LogP contribution in [0.25, 0.3) is 0 Å². The second-order valence-corrected chi connectivity index (χ2v) is 5.24. The van der Waals surface area contributed by atoms with E-state index in [-0.39, 0.29) is 6.10 Å². The summed E-state index contributed by atoms with van der Waals surface area (Å²) in [5.74, 6) is 2.44. The largest absolute Gasteiger partial charge is 0.485 e. The Labute approximate surface area is 124 Å². The van der Waals surface area contributed by atoms with Crippen LogP contribution < -0.4 is 14.5 Å². The molecule has 0 aromatic carbocycles. The SMILES string of the molecule is CN(C)c1ncccc1O[C@@H]1CCN(c2ncccn2)C1. The van der Waals surface area contributed by atoms with Crippen LogP contribution in [0.5, 0.6) is 5.75 Å². The lowest BCUT2D eigenvalue weighted by Gasteiger charge is -2.20. The van der Waals surface area contributed by atoms with Gasteiger partial charge in [0, 0.05) is 45.7 Å². The first-order valence-corrected chi connectivity index (χ1v) is 7.05. The zero-order valence-corrected chi connectivity index (χ0v) is 12.3. The summed E-state index contributed by atoms with van der Waals surface area (Å²) in [5, 5.41) is 0. The van der Waals surface area contributed by atoms with E-state index in [2.05, 4.69) is 19.9 Å². The van der Waals surface area contributed by atoms with Crippen molar-refractivity contribution < 1.29 is 4.74 Å². The molecule has 0 aliphatic carbocycles. The number of aromatic nitrogens is 3. The van der Waals surface area contributed by atoms with Crippen molar-refractivity contribution in [2.45, 2.75) is 12.5 Å². The molecule has 2 aromatic rings. The van der Waals surface area contributed by atoms with Gasteiger partial charge < -0.3 is 14.5 Å². The van der Waals surface area contributed by atoms with Crippen molar-refractivity contribution in [2.24, 2.45) is 0 Å². The van der Waals surface area contributed by atoms with Gasteiger partial charge in [-0.3, -0.25) is 0 Å². The molecule has 0 amide bonds. The number of nitrogens with zero attached hydrogens (tertiary/aromatic N) is 5. The molecule has 1 atom stereocenters. The molecule has 0 radical (unpaired) electrons. The normalized spacial score (nSPS) is 17.8. The van der Waals surface area contributed by atoms with Crippen molar-refractivity contribution in [3.63, 3.8) is 0 Å². The van der Waals surface area contributed by atoms with E-state index in [0.717, 1.165) is 37.0 Å². The first kappa shape index (κ1) is 13.6. The molecule has 0 spiro atoms. The Morgan fingerprint density at radius 1 is 1.14 bits per heavy atom. The van der Waals surface area contributed by atoms with Gasteiger partial charge in [0.05, 0.1) is 6.54 Å². The highest BCUT2D eigenvalue weighted by Crippen LogP contribution is 2.27. The van der Waals surface area contributed by atoms with Gasteiger partial charge in [0.15, 0.2) is 11.6 Å². The van der Waals surface area contributed by atoms with Crippen molar-refractivity contribution in [3.8, 4) is 5.75 Å². The van der Waals surface area contributed by atoms with Gasteiger partial charge in [-0.1, -0.05) is 0 Å². The minimum absolute atomic E-state index is 0.136. The van der Waals surface area contributed by atoms with Crippen molar-refractivity contribution in [3.05, 3.63) is 36.8 Å². The summed E-state index contributed by atoms with van der Waals surface area (Å²) >= 11 is 0. The zero-order valence-electron chi connectivity index (χ0n) is 12.3. The van der Waals surface area contributed by atoms with E-state index in [0.29, 0.717) is 0 Å². The third-order valence-electron chi connectivity index (χ3n) is 3.45. The maximum Gasteiger partial charge on any atom is 0.225 e. The fraction of sp³-hybridized carbons (Fsp3) is 0.400. The van der Waals surface area contributed by atoms with Crippen LogP contribution in [0.4, 0.5) is 11.8 Å². The first-order valence-electron chi connectivity index (χ1n) is 7.05. The van der Waals surface area contributed by atoms with Crippen LogP contribution in [0.15, 0.2) is 36.8 Å². The molecule has 1 saturated heterocycles. The Balaban J connectivity index is 1.68. The van der Waals surface area contributed by atoms with Crippen LogP contribution in [0.2, 0.25) is 0 Å². The Bertz CT molecular complexity index is 590. The average molecular weight is 285 g/mol.